The van der Waals surface area contributed by atoms with Gasteiger partial charge in [0.15, 0.2) is 10.9 Å². The van der Waals surface area contributed by atoms with Gasteiger partial charge in [-0.1, -0.05) is 30.0 Å². The first-order chi connectivity index (χ1) is 8.28. The van der Waals surface area contributed by atoms with Crippen LogP contribution < -0.4 is 4.74 Å². The molecule has 0 bridgehead atoms. The molecule has 1 aromatic carbocycles. The molecule has 1 unspecified atom stereocenters. The molecule has 2 aliphatic heterocycles. The summed E-state index contributed by atoms with van der Waals surface area (Å²) in [6.45, 7) is 1.84. The minimum absolute atomic E-state index is 0. The van der Waals surface area contributed by atoms with E-state index in [2.05, 4.69) is 4.99 Å². The summed E-state index contributed by atoms with van der Waals surface area (Å²) in [6.07, 6.45) is 0. The molecule has 0 amide bonds. The van der Waals surface area contributed by atoms with Crippen molar-refractivity contribution in [1.29, 1.82) is 0 Å². The summed E-state index contributed by atoms with van der Waals surface area (Å²) < 4.78 is 5.64. The van der Waals surface area contributed by atoms with Gasteiger partial charge in [-0.3, -0.25) is 4.99 Å². The van der Waals surface area contributed by atoms with E-state index < -0.39 is 5.72 Å². The molecule has 0 aliphatic carbocycles. The molecule has 6 heteroatoms. The quantitative estimate of drug-likeness (QED) is 0.917. The molecule has 1 N–H and O–H groups in total. The standard InChI is InChI=1S/C12H14N2O2S.ClH/c15-12(8-16-10-4-2-1-3-5-10)9-17-11-13-6-7-14(11)12;/h1-5,15H,6-9H2;1H. The molecular formula is C12H15ClN2O2S. The van der Waals surface area contributed by atoms with Gasteiger partial charge in [0.05, 0.1) is 12.3 Å². The normalized spacial score (nSPS) is 25.4. The van der Waals surface area contributed by atoms with Gasteiger partial charge in [-0.05, 0) is 12.1 Å². The van der Waals surface area contributed by atoms with Crippen LogP contribution in [0.4, 0.5) is 0 Å². The number of rotatable bonds is 3. The molecule has 1 aromatic rings. The highest BCUT2D eigenvalue weighted by Gasteiger charge is 2.45. The summed E-state index contributed by atoms with van der Waals surface area (Å²) in [5.74, 6) is 1.41. The van der Waals surface area contributed by atoms with Crippen molar-refractivity contribution < 1.29 is 9.84 Å². The van der Waals surface area contributed by atoms with Crippen molar-refractivity contribution >= 4 is 29.3 Å². The Hall–Kier alpha value is -0.910. The highest BCUT2D eigenvalue weighted by Crippen LogP contribution is 2.34. The van der Waals surface area contributed by atoms with Crippen molar-refractivity contribution in [2.24, 2.45) is 4.99 Å². The third-order valence-electron chi connectivity index (χ3n) is 2.95. The zero-order valence-corrected chi connectivity index (χ0v) is 11.4. The van der Waals surface area contributed by atoms with E-state index in [4.69, 9.17) is 4.74 Å². The molecule has 4 nitrogen and oxygen atoms in total. The van der Waals surface area contributed by atoms with Gasteiger partial charge in [-0.25, -0.2) is 0 Å². The summed E-state index contributed by atoms with van der Waals surface area (Å²) in [4.78, 5) is 6.28. The van der Waals surface area contributed by atoms with E-state index in [-0.39, 0.29) is 19.0 Å². The molecule has 0 saturated carbocycles. The Bertz CT molecular complexity index is 443. The van der Waals surface area contributed by atoms with E-state index in [0.717, 1.165) is 24.0 Å². The summed E-state index contributed by atoms with van der Waals surface area (Å²) in [5, 5.41) is 11.5. The highest BCUT2D eigenvalue weighted by atomic mass is 35.5. The number of benzene rings is 1. The van der Waals surface area contributed by atoms with Gasteiger partial charge in [-0.15, -0.1) is 12.4 Å². The number of ether oxygens (including phenoxy) is 1. The molecule has 0 aromatic heterocycles. The second-order valence-corrected chi connectivity index (χ2v) is 5.13. The fraction of sp³-hybridized carbons (Fsp3) is 0.417. The summed E-state index contributed by atoms with van der Waals surface area (Å²) >= 11 is 1.60. The molecule has 0 spiro atoms. The number of amidine groups is 1. The van der Waals surface area contributed by atoms with Gasteiger partial charge in [0.25, 0.3) is 0 Å². The minimum atomic E-state index is -0.907. The largest absolute Gasteiger partial charge is 0.489 e. The average molecular weight is 287 g/mol. The van der Waals surface area contributed by atoms with Crippen LogP contribution in [0.3, 0.4) is 0 Å². The number of hydrogen-bond donors (Lipinski definition) is 1. The molecule has 3 rings (SSSR count). The Labute approximate surface area is 116 Å². The summed E-state index contributed by atoms with van der Waals surface area (Å²) in [6, 6.07) is 9.57. The molecule has 18 heavy (non-hydrogen) atoms. The lowest BCUT2D eigenvalue weighted by Crippen LogP contribution is -2.51. The Balaban J connectivity index is 0.00000120. The van der Waals surface area contributed by atoms with E-state index in [9.17, 15) is 5.11 Å². The van der Waals surface area contributed by atoms with E-state index in [1.807, 2.05) is 35.2 Å². The lowest BCUT2D eigenvalue weighted by atomic mass is 10.2. The third-order valence-corrected chi connectivity index (χ3v) is 4.16. The van der Waals surface area contributed by atoms with Gasteiger partial charge in [0, 0.05) is 6.54 Å². The maximum atomic E-state index is 10.5. The second-order valence-electron chi connectivity index (χ2n) is 4.19. The van der Waals surface area contributed by atoms with Crippen molar-refractivity contribution in [3.63, 3.8) is 0 Å². The minimum Gasteiger partial charge on any atom is -0.489 e. The highest BCUT2D eigenvalue weighted by molar-refractivity contribution is 8.14. The molecule has 1 fully saturated rings. The lowest BCUT2D eigenvalue weighted by molar-refractivity contribution is -0.0694. The molecule has 0 radical (unpaired) electrons. The van der Waals surface area contributed by atoms with Crippen LogP contribution in [0.25, 0.3) is 0 Å². The zero-order valence-electron chi connectivity index (χ0n) is 9.78. The predicted octanol–water partition coefficient (Wildman–Crippen LogP) is 1.59. The van der Waals surface area contributed by atoms with Crippen molar-refractivity contribution in [2.45, 2.75) is 5.72 Å². The van der Waals surface area contributed by atoms with E-state index >= 15 is 0 Å². The number of aliphatic hydroxyl groups is 1. The number of fused-ring (bicyclic) bond motifs is 1. The van der Waals surface area contributed by atoms with Crippen molar-refractivity contribution in [1.82, 2.24) is 4.90 Å². The SMILES string of the molecule is Cl.OC1(COc2ccccc2)CSC2=NCCN21. The Morgan fingerprint density at radius 2 is 2.17 bits per heavy atom. The van der Waals surface area contributed by atoms with Crippen LogP contribution in [0.5, 0.6) is 5.75 Å². The van der Waals surface area contributed by atoms with E-state index in [1.54, 1.807) is 11.8 Å². The number of nitrogens with zero attached hydrogens (tertiary/aromatic N) is 2. The smallest absolute Gasteiger partial charge is 0.184 e. The molecule has 2 heterocycles. The lowest BCUT2D eigenvalue weighted by Gasteiger charge is -2.31. The molecule has 2 aliphatic rings. The van der Waals surface area contributed by atoms with Gasteiger partial charge in [0.2, 0.25) is 0 Å². The Morgan fingerprint density at radius 1 is 1.39 bits per heavy atom. The topological polar surface area (TPSA) is 45.1 Å². The maximum absolute atomic E-state index is 10.5. The Kier molecular flexibility index (Phi) is 4.04. The van der Waals surface area contributed by atoms with Crippen LogP contribution >= 0.6 is 24.2 Å². The van der Waals surface area contributed by atoms with Crippen LogP contribution in [0.2, 0.25) is 0 Å². The number of aliphatic imine (C=N–C) groups is 1. The zero-order chi connectivity index (χ0) is 11.7. The molecule has 98 valence electrons. The molecular weight excluding hydrogens is 272 g/mol. The second kappa shape index (κ2) is 5.38. The van der Waals surface area contributed by atoms with Crippen LogP contribution in [-0.2, 0) is 0 Å². The van der Waals surface area contributed by atoms with Crippen molar-refractivity contribution in [3.8, 4) is 5.75 Å². The monoisotopic (exact) mass is 286 g/mol. The average Bonchev–Trinajstić information content (AvgIpc) is 2.94. The van der Waals surface area contributed by atoms with Crippen LogP contribution in [0.15, 0.2) is 35.3 Å². The summed E-state index contributed by atoms with van der Waals surface area (Å²) in [7, 11) is 0. The van der Waals surface area contributed by atoms with Gasteiger partial charge in [0.1, 0.15) is 12.4 Å². The van der Waals surface area contributed by atoms with Crippen molar-refractivity contribution in [2.75, 3.05) is 25.4 Å². The summed E-state index contributed by atoms with van der Waals surface area (Å²) in [5.41, 5.74) is -0.907. The Morgan fingerprint density at radius 3 is 2.94 bits per heavy atom. The first kappa shape index (κ1) is 13.5. The number of thioether (sulfide) groups is 1. The number of halogens is 1. The maximum Gasteiger partial charge on any atom is 0.184 e. The van der Waals surface area contributed by atoms with Crippen LogP contribution in [-0.4, -0.2) is 46.3 Å². The van der Waals surface area contributed by atoms with E-state index in [0.29, 0.717) is 5.75 Å². The molecule has 1 saturated heterocycles. The van der Waals surface area contributed by atoms with Gasteiger partial charge >= 0.3 is 0 Å². The van der Waals surface area contributed by atoms with Gasteiger partial charge < -0.3 is 14.7 Å². The first-order valence-corrected chi connectivity index (χ1v) is 6.62. The van der Waals surface area contributed by atoms with E-state index in [1.165, 1.54) is 0 Å². The van der Waals surface area contributed by atoms with Crippen LogP contribution in [0, 0.1) is 0 Å². The fourth-order valence-corrected chi connectivity index (χ4v) is 3.23. The number of hydrogen-bond acceptors (Lipinski definition) is 5. The molecule has 1 atom stereocenters. The first-order valence-electron chi connectivity index (χ1n) is 5.63. The fourth-order valence-electron chi connectivity index (χ4n) is 2.03. The van der Waals surface area contributed by atoms with Crippen molar-refractivity contribution in [3.05, 3.63) is 30.3 Å². The van der Waals surface area contributed by atoms with Gasteiger partial charge in [-0.2, -0.15) is 0 Å². The third kappa shape index (κ3) is 2.43. The number of para-hydroxylation sites is 1. The predicted molar refractivity (Wildman–Crippen MR) is 75.6 cm³/mol. The van der Waals surface area contributed by atoms with Crippen LogP contribution in [0.1, 0.15) is 0 Å².